The van der Waals surface area contributed by atoms with E-state index < -0.39 is 0 Å². The van der Waals surface area contributed by atoms with Gasteiger partial charge in [0.1, 0.15) is 12.9 Å². The van der Waals surface area contributed by atoms with Crippen LogP contribution in [0.2, 0.25) is 0 Å². The van der Waals surface area contributed by atoms with Crippen molar-refractivity contribution in [2.45, 2.75) is 19.4 Å². The first kappa shape index (κ1) is 20.3. The third-order valence-corrected chi connectivity index (χ3v) is 6.26. The highest BCUT2D eigenvalue weighted by atomic mass is 16.5. The van der Waals surface area contributed by atoms with Crippen LogP contribution in [0.3, 0.4) is 0 Å². The summed E-state index contributed by atoms with van der Waals surface area (Å²) in [5, 5.41) is 3.48. The van der Waals surface area contributed by atoms with Crippen LogP contribution in [0.1, 0.15) is 24.3 Å². The Morgan fingerprint density at radius 3 is 2.62 bits per heavy atom. The number of aromatic nitrogens is 7. The fourth-order valence-electron chi connectivity index (χ4n) is 4.34. The molecule has 4 heterocycles. The summed E-state index contributed by atoms with van der Waals surface area (Å²) >= 11 is 0. The molecule has 0 bridgehead atoms. The number of hydrogen-bond donors (Lipinski definition) is 0. The van der Waals surface area contributed by atoms with Gasteiger partial charge in [-0.2, -0.15) is 4.98 Å². The van der Waals surface area contributed by atoms with Gasteiger partial charge in [0.2, 0.25) is 5.89 Å². The summed E-state index contributed by atoms with van der Waals surface area (Å²) < 4.78 is 13.2. The SMILES string of the molecule is C1=C(c2ccc(-c3cnco3)cc2)C[C@H]2C[C@@H]12.Cn1cnc2ncn(Cc3ncno3)c(=O)c21. The van der Waals surface area contributed by atoms with Crippen molar-refractivity contribution >= 4 is 16.7 Å². The Kier molecular flexibility index (Phi) is 4.90. The Morgan fingerprint density at radius 2 is 1.91 bits per heavy atom. The number of rotatable bonds is 4. The molecule has 7 rings (SSSR count). The van der Waals surface area contributed by atoms with Crippen LogP contribution in [-0.4, -0.2) is 34.2 Å². The van der Waals surface area contributed by atoms with Crippen LogP contribution in [0.5, 0.6) is 0 Å². The van der Waals surface area contributed by atoms with Crippen LogP contribution in [0.25, 0.3) is 28.1 Å². The zero-order valence-corrected chi connectivity index (χ0v) is 18.4. The fourth-order valence-corrected chi connectivity index (χ4v) is 4.34. The van der Waals surface area contributed by atoms with Crippen molar-refractivity contribution in [2.24, 2.45) is 18.9 Å². The van der Waals surface area contributed by atoms with Gasteiger partial charge in [0.25, 0.3) is 5.56 Å². The maximum absolute atomic E-state index is 12.1. The zero-order chi connectivity index (χ0) is 23.1. The maximum atomic E-state index is 12.1. The standard InChI is InChI=1S/C15H13NO.C9H8N6O2/c1-3-11(15-8-16-9-17-15)4-2-10(1)12-5-13-7-14(13)6-12;1-14-4-11-8-7(14)9(16)15(5-12-8)2-6-10-3-13-17-6/h1-5,8-9,13-14H,6-7H2;3-5H,2H2,1H3/t13-,14+;/m1./s1. The number of nitrogens with zero attached hydrogens (tertiary/aromatic N) is 7. The van der Waals surface area contributed by atoms with Gasteiger partial charge in [-0.1, -0.05) is 35.5 Å². The van der Waals surface area contributed by atoms with Crippen LogP contribution in [0, 0.1) is 11.8 Å². The third kappa shape index (κ3) is 3.83. The molecule has 4 aromatic heterocycles. The number of aryl methyl sites for hydroxylation is 1. The van der Waals surface area contributed by atoms with E-state index in [1.54, 1.807) is 24.1 Å². The molecule has 10 heteroatoms. The minimum absolute atomic E-state index is 0.187. The summed E-state index contributed by atoms with van der Waals surface area (Å²) in [6.45, 7) is 0.201. The Balaban J connectivity index is 0.000000128. The van der Waals surface area contributed by atoms with Crippen molar-refractivity contribution < 1.29 is 8.94 Å². The van der Waals surface area contributed by atoms with Crippen molar-refractivity contribution in [1.82, 2.24) is 34.2 Å². The van der Waals surface area contributed by atoms with Gasteiger partial charge in [-0.25, -0.2) is 15.0 Å². The lowest BCUT2D eigenvalue weighted by Crippen LogP contribution is -2.22. The molecule has 1 aromatic carbocycles. The van der Waals surface area contributed by atoms with Crippen molar-refractivity contribution in [3.05, 3.63) is 83.7 Å². The summed E-state index contributed by atoms with van der Waals surface area (Å²) in [4.78, 5) is 28.0. The lowest BCUT2D eigenvalue weighted by Gasteiger charge is -2.04. The molecule has 2 atom stereocenters. The van der Waals surface area contributed by atoms with Gasteiger partial charge in [0.05, 0.1) is 12.5 Å². The van der Waals surface area contributed by atoms with Gasteiger partial charge >= 0.3 is 0 Å². The van der Waals surface area contributed by atoms with Crippen LogP contribution in [0.15, 0.2) is 75.6 Å². The molecule has 1 fully saturated rings. The molecule has 2 aliphatic carbocycles. The van der Waals surface area contributed by atoms with Gasteiger partial charge in [0.15, 0.2) is 29.6 Å². The Hall–Kier alpha value is -4.34. The molecular formula is C24H21N7O3. The Morgan fingerprint density at radius 1 is 1.09 bits per heavy atom. The summed E-state index contributed by atoms with van der Waals surface area (Å²) in [6, 6.07) is 8.60. The average molecular weight is 455 g/mol. The summed E-state index contributed by atoms with van der Waals surface area (Å²) in [5.41, 5.74) is 4.67. The first-order valence-corrected chi connectivity index (χ1v) is 11.0. The van der Waals surface area contributed by atoms with Gasteiger partial charge in [-0.15, -0.1) is 0 Å². The zero-order valence-electron chi connectivity index (χ0n) is 18.4. The second-order valence-electron chi connectivity index (χ2n) is 8.54. The van der Waals surface area contributed by atoms with Gasteiger partial charge < -0.3 is 13.5 Å². The van der Waals surface area contributed by atoms with Gasteiger partial charge in [-0.3, -0.25) is 9.36 Å². The predicted molar refractivity (Wildman–Crippen MR) is 122 cm³/mol. The molecule has 0 saturated heterocycles. The number of oxazole rings is 1. The van der Waals surface area contributed by atoms with E-state index in [1.807, 2.05) is 0 Å². The second kappa shape index (κ2) is 8.22. The van der Waals surface area contributed by atoms with Gasteiger partial charge in [-0.05, 0) is 35.8 Å². The van der Waals surface area contributed by atoms with Crippen molar-refractivity contribution in [3.8, 4) is 11.3 Å². The van der Waals surface area contributed by atoms with E-state index in [1.165, 1.54) is 47.6 Å². The molecule has 0 N–H and O–H groups in total. The highest BCUT2D eigenvalue weighted by Crippen LogP contribution is 2.52. The average Bonchev–Trinajstić information content (AvgIpc) is 3.44. The van der Waals surface area contributed by atoms with Crippen molar-refractivity contribution in [1.29, 1.82) is 0 Å². The monoisotopic (exact) mass is 455 g/mol. The molecule has 2 aliphatic rings. The minimum Gasteiger partial charge on any atom is -0.444 e. The quantitative estimate of drug-likeness (QED) is 0.405. The van der Waals surface area contributed by atoms with Crippen LogP contribution >= 0.6 is 0 Å². The normalized spacial score (nSPS) is 18.3. The molecule has 170 valence electrons. The molecular weight excluding hydrogens is 434 g/mol. The van der Waals surface area contributed by atoms with Crippen molar-refractivity contribution in [3.63, 3.8) is 0 Å². The first-order chi connectivity index (χ1) is 16.7. The summed E-state index contributed by atoms with van der Waals surface area (Å²) in [6.07, 6.45) is 12.6. The topological polar surface area (TPSA) is 118 Å². The van der Waals surface area contributed by atoms with E-state index in [0.29, 0.717) is 17.1 Å². The highest BCUT2D eigenvalue weighted by molar-refractivity contribution is 5.72. The molecule has 5 aromatic rings. The second-order valence-corrected chi connectivity index (χ2v) is 8.54. The number of benzene rings is 1. The fraction of sp³-hybridized carbons (Fsp3) is 0.250. The molecule has 1 saturated carbocycles. The lowest BCUT2D eigenvalue weighted by atomic mass is 10.0. The van der Waals surface area contributed by atoms with E-state index >= 15 is 0 Å². The smallest absolute Gasteiger partial charge is 0.280 e. The van der Waals surface area contributed by atoms with Crippen LogP contribution in [0.4, 0.5) is 0 Å². The first-order valence-electron chi connectivity index (χ1n) is 11.0. The van der Waals surface area contributed by atoms with Crippen LogP contribution < -0.4 is 5.56 Å². The Labute approximate surface area is 193 Å². The molecule has 0 aliphatic heterocycles. The molecule has 0 spiro atoms. The maximum Gasteiger partial charge on any atom is 0.280 e. The molecule has 34 heavy (non-hydrogen) atoms. The largest absolute Gasteiger partial charge is 0.444 e. The number of imidazole rings is 1. The number of fused-ring (bicyclic) bond motifs is 2. The Bertz CT molecular complexity index is 1510. The number of allylic oxidation sites excluding steroid dienone is 2. The number of hydrogen-bond acceptors (Lipinski definition) is 8. The molecule has 10 nitrogen and oxygen atoms in total. The van der Waals surface area contributed by atoms with Gasteiger partial charge in [0, 0.05) is 12.6 Å². The van der Waals surface area contributed by atoms with E-state index in [2.05, 4.69) is 55.4 Å². The summed E-state index contributed by atoms with van der Waals surface area (Å²) in [5.74, 6) is 3.04. The van der Waals surface area contributed by atoms with E-state index in [0.717, 1.165) is 23.2 Å². The summed E-state index contributed by atoms with van der Waals surface area (Å²) in [7, 11) is 1.75. The molecule has 0 unspecified atom stereocenters. The van der Waals surface area contributed by atoms with E-state index in [-0.39, 0.29) is 12.1 Å². The van der Waals surface area contributed by atoms with Crippen molar-refractivity contribution in [2.75, 3.05) is 0 Å². The van der Waals surface area contributed by atoms with Crippen LogP contribution in [-0.2, 0) is 13.6 Å². The predicted octanol–water partition coefficient (Wildman–Crippen LogP) is 3.33. The minimum atomic E-state index is -0.187. The molecule has 0 amide bonds. The highest BCUT2D eigenvalue weighted by Gasteiger charge is 2.40. The lowest BCUT2D eigenvalue weighted by molar-refractivity contribution is 0.368. The van der Waals surface area contributed by atoms with E-state index in [9.17, 15) is 4.79 Å². The third-order valence-electron chi connectivity index (χ3n) is 6.26. The molecule has 0 radical (unpaired) electrons. The van der Waals surface area contributed by atoms with E-state index in [4.69, 9.17) is 8.94 Å².